The fourth-order valence-corrected chi connectivity index (χ4v) is 0.760. The molecule has 0 aliphatic carbocycles. The summed E-state index contributed by atoms with van der Waals surface area (Å²) in [6, 6.07) is 0. The molecule has 9 heavy (non-hydrogen) atoms. The number of nitrogens with one attached hydrogen (secondary N) is 2. The van der Waals surface area contributed by atoms with Crippen LogP contribution < -0.4 is 10.7 Å². The van der Waals surface area contributed by atoms with Crippen molar-refractivity contribution >= 4 is 5.71 Å². The molecule has 2 N–H and O–H groups in total. The Morgan fingerprint density at radius 1 is 1.56 bits per heavy atom. The maximum absolute atomic E-state index is 4.13. The molecule has 0 amide bonds. The summed E-state index contributed by atoms with van der Waals surface area (Å²) in [7, 11) is 0. The fraction of sp³-hybridized carbons (Fsp3) is 0.833. The van der Waals surface area contributed by atoms with Crippen molar-refractivity contribution in [2.75, 3.05) is 13.2 Å². The van der Waals surface area contributed by atoms with Gasteiger partial charge in [0.1, 0.15) is 0 Å². The van der Waals surface area contributed by atoms with Gasteiger partial charge in [-0.15, -0.1) is 0 Å². The lowest BCUT2D eigenvalue weighted by atomic mass is 10.1. The summed E-state index contributed by atoms with van der Waals surface area (Å²) in [6.07, 6.45) is 0. The molecule has 3 nitrogen and oxygen atoms in total. The molecule has 52 valence electrons. The number of rotatable bonds is 1. The highest BCUT2D eigenvalue weighted by Gasteiger charge is 2.06. The van der Waals surface area contributed by atoms with Crippen molar-refractivity contribution < 1.29 is 0 Å². The van der Waals surface area contributed by atoms with E-state index in [1.165, 1.54) is 5.71 Å². The SMILES string of the molecule is CC(C)C1=NNCNC1. The zero-order chi connectivity index (χ0) is 6.69. The molecular weight excluding hydrogens is 114 g/mol. The first-order valence-electron chi connectivity index (χ1n) is 3.30. The summed E-state index contributed by atoms with van der Waals surface area (Å²) < 4.78 is 0. The second kappa shape index (κ2) is 2.82. The van der Waals surface area contributed by atoms with E-state index < -0.39 is 0 Å². The van der Waals surface area contributed by atoms with Crippen LogP contribution in [0.15, 0.2) is 5.10 Å². The minimum atomic E-state index is 0.560. The van der Waals surface area contributed by atoms with Gasteiger partial charge in [-0.25, -0.2) is 0 Å². The van der Waals surface area contributed by atoms with E-state index in [-0.39, 0.29) is 0 Å². The third kappa shape index (κ3) is 1.68. The van der Waals surface area contributed by atoms with Gasteiger partial charge in [0.15, 0.2) is 0 Å². The lowest BCUT2D eigenvalue weighted by Gasteiger charge is -2.16. The molecule has 0 saturated carbocycles. The summed E-state index contributed by atoms with van der Waals surface area (Å²) in [5, 5.41) is 7.31. The van der Waals surface area contributed by atoms with Crippen LogP contribution in [0.4, 0.5) is 0 Å². The predicted molar refractivity (Wildman–Crippen MR) is 38.3 cm³/mol. The van der Waals surface area contributed by atoms with E-state index in [1.807, 2.05) is 0 Å². The van der Waals surface area contributed by atoms with Crippen molar-refractivity contribution in [3.05, 3.63) is 0 Å². The van der Waals surface area contributed by atoms with Crippen LogP contribution in [0.25, 0.3) is 0 Å². The lowest BCUT2D eigenvalue weighted by molar-refractivity contribution is 0.594. The molecule has 0 atom stereocenters. The number of nitrogens with zero attached hydrogens (tertiary/aromatic N) is 1. The van der Waals surface area contributed by atoms with Crippen LogP contribution in [0.1, 0.15) is 13.8 Å². The Labute approximate surface area is 55.5 Å². The Hall–Kier alpha value is -0.570. The van der Waals surface area contributed by atoms with E-state index in [4.69, 9.17) is 0 Å². The van der Waals surface area contributed by atoms with E-state index in [1.54, 1.807) is 0 Å². The van der Waals surface area contributed by atoms with Crippen molar-refractivity contribution in [3.8, 4) is 0 Å². The first-order chi connectivity index (χ1) is 4.30. The highest BCUT2D eigenvalue weighted by Crippen LogP contribution is 1.96. The zero-order valence-electron chi connectivity index (χ0n) is 5.94. The van der Waals surface area contributed by atoms with Gasteiger partial charge in [0.05, 0.1) is 12.4 Å². The monoisotopic (exact) mass is 127 g/mol. The molecule has 0 spiro atoms. The lowest BCUT2D eigenvalue weighted by Crippen LogP contribution is -2.38. The molecule has 0 radical (unpaired) electrons. The third-order valence-corrected chi connectivity index (χ3v) is 1.40. The molecule has 0 aromatic carbocycles. The van der Waals surface area contributed by atoms with Crippen LogP contribution in [0.2, 0.25) is 0 Å². The smallest absolute Gasteiger partial charge is 0.0826 e. The van der Waals surface area contributed by atoms with Gasteiger partial charge in [-0.3, -0.25) is 10.7 Å². The number of hydrogen-bond donors (Lipinski definition) is 2. The van der Waals surface area contributed by atoms with Crippen LogP contribution in [0.5, 0.6) is 0 Å². The number of hydrazone groups is 1. The van der Waals surface area contributed by atoms with Crippen LogP contribution in [-0.2, 0) is 0 Å². The average molecular weight is 127 g/mol. The van der Waals surface area contributed by atoms with Gasteiger partial charge in [0, 0.05) is 6.54 Å². The van der Waals surface area contributed by atoms with Crippen molar-refractivity contribution in [2.45, 2.75) is 13.8 Å². The van der Waals surface area contributed by atoms with E-state index in [2.05, 4.69) is 29.7 Å². The highest BCUT2D eigenvalue weighted by atomic mass is 15.4. The van der Waals surface area contributed by atoms with Crippen molar-refractivity contribution in [1.82, 2.24) is 10.7 Å². The highest BCUT2D eigenvalue weighted by molar-refractivity contribution is 5.88. The van der Waals surface area contributed by atoms with Crippen LogP contribution in [-0.4, -0.2) is 18.9 Å². The summed E-state index contributed by atoms with van der Waals surface area (Å²) in [5.74, 6) is 0.560. The summed E-state index contributed by atoms with van der Waals surface area (Å²) >= 11 is 0. The summed E-state index contributed by atoms with van der Waals surface area (Å²) in [6.45, 7) is 6.03. The second-order valence-electron chi connectivity index (χ2n) is 2.52. The van der Waals surface area contributed by atoms with Crippen molar-refractivity contribution in [1.29, 1.82) is 0 Å². The standard InChI is InChI=1S/C6H13N3/c1-5(2)6-3-7-4-8-9-6/h5,7-8H,3-4H2,1-2H3. The maximum Gasteiger partial charge on any atom is 0.0826 e. The molecule has 0 unspecified atom stereocenters. The molecule has 0 saturated heterocycles. The minimum absolute atomic E-state index is 0.560. The van der Waals surface area contributed by atoms with E-state index >= 15 is 0 Å². The molecule has 0 aromatic rings. The van der Waals surface area contributed by atoms with Gasteiger partial charge in [-0.2, -0.15) is 5.10 Å². The molecule has 0 fully saturated rings. The molecule has 0 aromatic heterocycles. The first kappa shape index (κ1) is 6.55. The minimum Gasteiger partial charge on any atom is -0.296 e. The molecule has 0 bridgehead atoms. The maximum atomic E-state index is 4.13. The van der Waals surface area contributed by atoms with E-state index in [0.717, 1.165) is 13.2 Å². The Bertz CT molecular complexity index is 117. The molecule has 3 heteroatoms. The van der Waals surface area contributed by atoms with Gasteiger partial charge in [-0.05, 0) is 5.92 Å². The van der Waals surface area contributed by atoms with Gasteiger partial charge in [0.2, 0.25) is 0 Å². The molecular formula is C6H13N3. The molecule has 1 aliphatic heterocycles. The Morgan fingerprint density at radius 2 is 2.33 bits per heavy atom. The molecule has 1 rings (SSSR count). The van der Waals surface area contributed by atoms with Gasteiger partial charge in [0.25, 0.3) is 0 Å². The fourth-order valence-electron chi connectivity index (χ4n) is 0.760. The normalized spacial score (nSPS) is 19.2. The van der Waals surface area contributed by atoms with E-state index in [9.17, 15) is 0 Å². The number of hydrogen-bond acceptors (Lipinski definition) is 3. The van der Waals surface area contributed by atoms with Crippen molar-refractivity contribution in [2.24, 2.45) is 11.0 Å². The van der Waals surface area contributed by atoms with Crippen LogP contribution >= 0.6 is 0 Å². The van der Waals surface area contributed by atoms with Crippen LogP contribution in [0.3, 0.4) is 0 Å². The molecule has 1 heterocycles. The summed E-state index contributed by atoms with van der Waals surface area (Å²) in [4.78, 5) is 0. The topological polar surface area (TPSA) is 36.4 Å². The predicted octanol–water partition coefficient (Wildman–Crippen LogP) is 0.149. The average Bonchev–Trinajstić information content (AvgIpc) is 1.90. The van der Waals surface area contributed by atoms with Gasteiger partial charge in [-0.1, -0.05) is 13.8 Å². The molecule has 1 aliphatic rings. The first-order valence-corrected chi connectivity index (χ1v) is 3.30. The van der Waals surface area contributed by atoms with Crippen molar-refractivity contribution in [3.63, 3.8) is 0 Å². The van der Waals surface area contributed by atoms with Crippen LogP contribution in [0, 0.1) is 5.92 Å². The second-order valence-corrected chi connectivity index (χ2v) is 2.52. The quantitative estimate of drug-likeness (QED) is 0.526. The van der Waals surface area contributed by atoms with Gasteiger partial charge < -0.3 is 0 Å². The van der Waals surface area contributed by atoms with Gasteiger partial charge >= 0.3 is 0 Å². The Kier molecular flexibility index (Phi) is 2.05. The van der Waals surface area contributed by atoms with E-state index in [0.29, 0.717) is 5.92 Å². The largest absolute Gasteiger partial charge is 0.296 e. The third-order valence-electron chi connectivity index (χ3n) is 1.40. The summed E-state index contributed by atoms with van der Waals surface area (Å²) in [5.41, 5.74) is 4.10. The Balaban J connectivity index is 2.46. The zero-order valence-corrected chi connectivity index (χ0v) is 5.94. The Morgan fingerprint density at radius 3 is 2.67 bits per heavy atom.